The zero-order valence-corrected chi connectivity index (χ0v) is 15.3. The largest absolute Gasteiger partial charge is 0.492 e. The van der Waals surface area contributed by atoms with Crippen LogP contribution < -0.4 is 9.46 Å². The average molecular weight is 362 g/mol. The number of rotatable bonds is 7. The highest BCUT2D eigenvalue weighted by Crippen LogP contribution is 2.13. The lowest BCUT2D eigenvalue weighted by Crippen LogP contribution is -2.31. The number of ether oxygens (including phenoxy) is 1. The number of likely N-dealkylation sites (N-methyl/N-ethyl adjacent to an activating group) is 1. The fourth-order valence-corrected chi connectivity index (χ4v) is 2.95. The van der Waals surface area contributed by atoms with Crippen LogP contribution in [-0.2, 0) is 10.0 Å². The predicted molar refractivity (Wildman–Crippen MR) is 96.3 cm³/mol. The van der Waals surface area contributed by atoms with Gasteiger partial charge < -0.3 is 9.64 Å². The summed E-state index contributed by atoms with van der Waals surface area (Å²) in [6.45, 7) is 2.78. The molecule has 0 saturated carbocycles. The fourth-order valence-electron chi connectivity index (χ4n) is 2.22. The van der Waals surface area contributed by atoms with Crippen LogP contribution in [0.2, 0.25) is 0 Å². The number of carbonyl (C=O) groups is 1. The molecule has 25 heavy (non-hydrogen) atoms. The van der Waals surface area contributed by atoms with Gasteiger partial charge in [-0.05, 0) is 55.9 Å². The molecule has 0 aliphatic carbocycles. The molecule has 2 rings (SSSR count). The van der Waals surface area contributed by atoms with Crippen LogP contribution in [0, 0.1) is 6.92 Å². The Bertz CT molecular complexity index is 832. The first kappa shape index (κ1) is 19.0. The Hall–Kier alpha value is -2.38. The lowest BCUT2D eigenvalue weighted by Gasteiger charge is -2.18. The maximum Gasteiger partial charge on any atom is 0.253 e. The Balaban J connectivity index is 1.93. The molecule has 0 aliphatic heterocycles. The summed E-state index contributed by atoms with van der Waals surface area (Å²) in [6, 6.07) is 13.5. The van der Waals surface area contributed by atoms with Gasteiger partial charge in [-0.3, -0.25) is 4.79 Å². The van der Waals surface area contributed by atoms with Gasteiger partial charge in [0.25, 0.3) is 5.91 Å². The molecule has 0 heterocycles. The van der Waals surface area contributed by atoms with Crippen molar-refractivity contribution in [3.8, 4) is 5.75 Å². The van der Waals surface area contributed by atoms with E-state index in [0.29, 0.717) is 18.7 Å². The van der Waals surface area contributed by atoms with E-state index in [2.05, 4.69) is 4.72 Å². The van der Waals surface area contributed by atoms with Crippen LogP contribution in [0.5, 0.6) is 5.75 Å². The number of benzene rings is 2. The topological polar surface area (TPSA) is 75.7 Å². The Kier molecular flexibility index (Phi) is 6.17. The summed E-state index contributed by atoms with van der Waals surface area (Å²) < 4.78 is 31.3. The van der Waals surface area contributed by atoms with Crippen molar-refractivity contribution in [3.05, 3.63) is 59.7 Å². The van der Waals surface area contributed by atoms with Crippen molar-refractivity contribution in [3.63, 3.8) is 0 Å². The third kappa shape index (κ3) is 5.04. The lowest BCUT2D eigenvalue weighted by molar-refractivity contribution is 0.0773. The zero-order valence-electron chi connectivity index (χ0n) is 14.5. The van der Waals surface area contributed by atoms with Crippen LogP contribution >= 0.6 is 0 Å². The second-order valence-corrected chi connectivity index (χ2v) is 7.51. The van der Waals surface area contributed by atoms with E-state index in [9.17, 15) is 13.2 Å². The van der Waals surface area contributed by atoms with Crippen LogP contribution in [0.15, 0.2) is 53.4 Å². The monoisotopic (exact) mass is 362 g/mol. The van der Waals surface area contributed by atoms with E-state index in [-0.39, 0.29) is 10.8 Å². The molecule has 0 saturated heterocycles. The highest BCUT2D eigenvalue weighted by atomic mass is 32.2. The first-order valence-corrected chi connectivity index (χ1v) is 9.30. The highest BCUT2D eigenvalue weighted by Gasteiger charge is 2.15. The second kappa shape index (κ2) is 8.13. The third-order valence-corrected chi connectivity index (χ3v) is 5.14. The summed E-state index contributed by atoms with van der Waals surface area (Å²) in [5, 5.41) is 0. The summed E-state index contributed by atoms with van der Waals surface area (Å²) in [5.41, 5.74) is 1.53. The van der Waals surface area contributed by atoms with Crippen molar-refractivity contribution in [2.45, 2.75) is 11.8 Å². The molecule has 0 radical (unpaired) electrons. The smallest absolute Gasteiger partial charge is 0.253 e. The molecule has 134 valence electrons. The van der Waals surface area contributed by atoms with Gasteiger partial charge in [-0.25, -0.2) is 13.1 Å². The minimum Gasteiger partial charge on any atom is -0.492 e. The van der Waals surface area contributed by atoms with Crippen LogP contribution in [0.25, 0.3) is 0 Å². The third-order valence-electron chi connectivity index (χ3n) is 3.71. The summed E-state index contributed by atoms with van der Waals surface area (Å²) in [5.74, 6) is 0.573. The molecular formula is C18H22N2O4S. The molecular weight excluding hydrogens is 340 g/mol. The Morgan fingerprint density at radius 2 is 1.84 bits per heavy atom. The van der Waals surface area contributed by atoms with Crippen molar-refractivity contribution in [2.24, 2.45) is 0 Å². The van der Waals surface area contributed by atoms with E-state index in [1.165, 1.54) is 36.2 Å². The van der Waals surface area contributed by atoms with Gasteiger partial charge in [-0.1, -0.05) is 12.1 Å². The number of aryl methyl sites for hydroxylation is 1. The molecule has 0 bridgehead atoms. The van der Waals surface area contributed by atoms with E-state index in [1.54, 1.807) is 7.05 Å². The molecule has 0 atom stereocenters. The van der Waals surface area contributed by atoms with Gasteiger partial charge in [-0.15, -0.1) is 0 Å². The Labute approximate surface area is 148 Å². The van der Waals surface area contributed by atoms with Gasteiger partial charge in [0, 0.05) is 12.6 Å². The zero-order chi connectivity index (χ0) is 18.4. The van der Waals surface area contributed by atoms with Crippen LogP contribution in [0.1, 0.15) is 15.9 Å². The van der Waals surface area contributed by atoms with E-state index in [0.717, 1.165) is 11.3 Å². The molecule has 0 aliphatic rings. The number of nitrogens with zero attached hydrogens (tertiary/aromatic N) is 1. The average Bonchev–Trinajstić information content (AvgIpc) is 2.61. The quantitative estimate of drug-likeness (QED) is 0.818. The predicted octanol–water partition coefficient (Wildman–Crippen LogP) is 2.05. The second-order valence-electron chi connectivity index (χ2n) is 5.62. The molecule has 2 aromatic carbocycles. The Morgan fingerprint density at radius 3 is 2.44 bits per heavy atom. The van der Waals surface area contributed by atoms with Crippen molar-refractivity contribution < 1.29 is 17.9 Å². The summed E-state index contributed by atoms with van der Waals surface area (Å²) in [4.78, 5) is 14.0. The SMILES string of the molecule is CNS(=O)(=O)c1ccc(C(=O)N(C)CCOc2cccc(C)c2)cc1. The molecule has 1 amide bonds. The molecule has 2 aromatic rings. The molecule has 1 N–H and O–H groups in total. The number of amides is 1. The molecule has 7 heteroatoms. The molecule has 6 nitrogen and oxygen atoms in total. The minimum atomic E-state index is -3.50. The lowest BCUT2D eigenvalue weighted by atomic mass is 10.2. The number of hydrogen-bond acceptors (Lipinski definition) is 4. The number of sulfonamides is 1. The highest BCUT2D eigenvalue weighted by molar-refractivity contribution is 7.89. The van der Waals surface area contributed by atoms with Crippen molar-refractivity contribution >= 4 is 15.9 Å². The number of hydrogen-bond donors (Lipinski definition) is 1. The van der Waals surface area contributed by atoms with Gasteiger partial charge in [0.05, 0.1) is 11.4 Å². The fraction of sp³-hybridized carbons (Fsp3) is 0.278. The van der Waals surface area contributed by atoms with Crippen molar-refractivity contribution in [2.75, 3.05) is 27.2 Å². The van der Waals surface area contributed by atoms with Crippen molar-refractivity contribution in [1.29, 1.82) is 0 Å². The van der Waals surface area contributed by atoms with E-state index in [4.69, 9.17) is 4.74 Å². The Morgan fingerprint density at radius 1 is 1.16 bits per heavy atom. The maximum absolute atomic E-state index is 12.4. The van der Waals surface area contributed by atoms with Gasteiger partial charge in [-0.2, -0.15) is 0 Å². The summed E-state index contributed by atoms with van der Waals surface area (Å²) >= 11 is 0. The molecule has 0 unspecified atom stereocenters. The van der Waals surface area contributed by atoms with Gasteiger partial charge in [0.2, 0.25) is 10.0 Å². The normalized spacial score (nSPS) is 11.2. The molecule has 0 aromatic heterocycles. The molecule has 0 spiro atoms. The van der Waals surface area contributed by atoms with Crippen molar-refractivity contribution in [1.82, 2.24) is 9.62 Å². The van der Waals surface area contributed by atoms with Gasteiger partial charge >= 0.3 is 0 Å². The minimum absolute atomic E-state index is 0.122. The first-order chi connectivity index (χ1) is 11.8. The number of nitrogens with one attached hydrogen (secondary N) is 1. The number of carbonyl (C=O) groups excluding carboxylic acids is 1. The van der Waals surface area contributed by atoms with Gasteiger partial charge in [0.1, 0.15) is 12.4 Å². The van der Waals surface area contributed by atoms with Crippen LogP contribution in [-0.4, -0.2) is 46.5 Å². The van der Waals surface area contributed by atoms with E-state index >= 15 is 0 Å². The standard InChI is InChI=1S/C18H22N2O4S/c1-14-5-4-6-16(13-14)24-12-11-20(3)18(21)15-7-9-17(10-8-15)25(22,23)19-2/h4-10,13,19H,11-12H2,1-3H3. The molecule has 0 fully saturated rings. The first-order valence-electron chi connectivity index (χ1n) is 7.82. The van der Waals surface area contributed by atoms with Crippen LogP contribution in [0.3, 0.4) is 0 Å². The van der Waals surface area contributed by atoms with E-state index < -0.39 is 10.0 Å². The van der Waals surface area contributed by atoms with Gasteiger partial charge in [0.15, 0.2) is 0 Å². The summed E-state index contributed by atoms with van der Waals surface area (Å²) in [6.07, 6.45) is 0. The van der Waals surface area contributed by atoms with E-state index in [1.807, 2.05) is 31.2 Å². The summed E-state index contributed by atoms with van der Waals surface area (Å²) in [7, 11) is -0.480. The maximum atomic E-state index is 12.4. The van der Waals surface area contributed by atoms with Crippen LogP contribution in [0.4, 0.5) is 0 Å².